The second-order valence-corrected chi connectivity index (χ2v) is 6.27. The van der Waals surface area contributed by atoms with Crippen molar-refractivity contribution >= 4 is 23.3 Å². The first kappa shape index (κ1) is 16.8. The summed E-state index contributed by atoms with van der Waals surface area (Å²) in [5.74, 6) is 1.07. The molecule has 2 amide bonds. The van der Waals surface area contributed by atoms with Gasteiger partial charge >= 0.3 is 0 Å². The molecule has 1 aromatic heterocycles. The molecule has 7 nitrogen and oxygen atoms in total. The topological polar surface area (TPSA) is 93.5 Å². The van der Waals surface area contributed by atoms with Gasteiger partial charge in [-0.1, -0.05) is 29.4 Å². The standard InChI is InChI=1S/C20H17N3O4/c1-12-9-18(23-27-12)22-19(24)14-6-4-7-15(10-14)21-20(25)17-11-13-5-2-3-8-16(13)26-17/h2-10,17H,11H2,1H3,(H,21,25)(H,22,23,24)/t17-/m0/s1. The van der Waals surface area contributed by atoms with Crippen LogP contribution in [0.5, 0.6) is 5.75 Å². The van der Waals surface area contributed by atoms with Crippen LogP contribution < -0.4 is 15.4 Å². The monoisotopic (exact) mass is 363 g/mol. The summed E-state index contributed by atoms with van der Waals surface area (Å²) in [7, 11) is 0. The molecular formula is C20H17N3O4. The van der Waals surface area contributed by atoms with Crippen molar-refractivity contribution in [3.8, 4) is 5.75 Å². The van der Waals surface area contributed by atoms with Gasteiger partial charge in [-0.15, -0.1) is 0 Å². The molecular weight excluding hydrogens is 346 g/mol. The van der Waals surface area contributed by atoms with Crippen molar-refractivity contribution in [1.82, 2.24) is 5.16 Å². The van der Waals surface area contributed by atoms with Crippen LogP contribution in [0, 0.1) is 6.92 Å². The zero-order valence-electron chi connectivity index (χ0n) is 14.6. The number of benzene rings is 2. The third-order valence-electron chi connectivity index (χ3n) is 4.20. The van der Waals surface area contributed by atoms with Crippen LogP contribution in [0.4, 0.5) is 11.5 Å². The molecule has 1 aliphatic rings. The second kappa shape index (κ2) is 6.95. The molecule has 2 aromatic carbocycles. The van der Waals surface area contributed by atoms with Gasteiger partial charge in [-0.2, -0.15) is 0 Å². The lowest BCUT2D eigenvalue weighted by Crippen LogP contribution is -2.31. The van der Waals surface area contributed by atoms with E-state index in [0.29, 0.717) is 29.2 Å². The molecule has 0 saturated carbocycles. The quantitative estimate of drug-likeness (QED) is 0.743. The van der Waals surface area contributed by atoms with E-state index >= 15 is 0 Å². The van der Waals surface area contributed by atoms with Gasteiger partial charge in [0.1, 0.15) is 11.5 Å². The third kappa shape index (κ3) is 3.67. The molecule has 27 heavy (non-hydrogen) atoms. The number of aryl methyl sites for hydroxylation is 1. The van der Waals surface area contributed by atoms with Gasteiger partial charge in [-0.25, -0.2) is 0 Å². The molecule has 0 fully saturated rings. The minimum Gasteiger partial charge on any atom is -0.480 e. The Morgan fingerprint density at radius 2 is 1.93 bits per heavy atom. The summed E-state index contributed by atoms with van der Waals surface area (Å²) >= 11 is 0. The number of ether oxygens (including phenoxy) is 1. The Bertz CT molecular complexity index is 987. The van der Waals surface area contributed by atoms with Gasteiger partial charge in [0.25, 0.3) is 11.8 Å². The van der Waals surface area contributed by atoms with Crippen molar-refractivity contribution < 1.29 is 18.8 Å². The van der Waals surface area contributed by atoms with Crippen LogP contribution in [-0.4, -0.2) is 23.1 Å². The van der Waals surface area contributed by atoms with E-state index in [1.165, 1.54) is 0 Å². The number of carbonyl (C=O) groups excluding carboxylic acids is 2. The summed E-state index contributed by atoms with van der Waals surface area (Å²) in [6.45, 7) is 1.74. The lowest BCUT2D eigenvalue weighted by molar-refractivity contribution is -0.122. The SMILES string of the molecule is Cc1cc(NC(=O)c2cccc(NC(=O)[C@@H]3Cc4ccccc4O3)c2)no1. The molecule has 1 atom stereocenters. The summed E-state index contributed by atoms with van der Waals surface area (Å²) in [6, 6.07) is 15.9. The maximum Gasteiger partial charge on any atom is 0.265 e. The molecule has 2 heterocycles. The van der Waals surface area contributed by atoms with Gasteiger partial charge in [-0.3, -0.25) is 9.59 Å². The number of rotatable bonds is 4. The zero-order chi connectivity index (χ0) is 18.8. The fourth-order valence-electron chi connectivity index (χ4n) is 2.90. The van der Waals surface area contributed by atoms with E-state index in [4.69, 9.17) is 9.26 Å². The van der Waals surface area contributed by atoms with Crippen molar-refractivity contribution in [2.24, 2.45) is 0 Å². The number of para-hydroxylation sites is 1. The smallest absolute Gasteiger partial charge is 0.265 e. The molecule has 3 aromatic rings. The molecule has 0 aliphatic carbocycles. The van der Waals surface area contributed by atoms with Gasteiger partial charge in [-0.05, 0) is 36.8 Å². The average Bonchev–Trinajstić information content (AvgIpc) is 3.28. The van der Waals surface area contributed by atoms with Crippen molar-refractivity contribution in [2.75, 3.05) is 10.6 Å². The Labute approximate surface area is 155 Å². The Kier molecular flexibility index (Phi) is 4.33. The molecule has 0 radical (unpaired) electrons. The number of anilines is 2. The van der Waals surface area contributed by atoms with E-state index in [1.807, 2.05) is 24.3 Å². The van der Waals surface area contributed by atoms with Gasteiger partial charge in [0.15, 0.2) is 11.9 Å². The van der Waals surface area contributed by atoms with Gasteiger partial charge in [0.05, 0.1) is 0 Å². The average molecular weight is 363 g/mol. The van der Waals surface area contributed by atoms with Crippen LogP contribution in [0.15, 0.2) is 59.1 Å². The second-order valence-electron chi connectivity index (χ2n) is 6.27. The van der Waals surface area contributed by atoms with Gasteiger partial charge in [0, 0.05) is 23.7 Å². The number of hydrogen-bond donors (Lipinski definition) is 2. The van der Waals surface area contributed by atoms with E-state index in [-0.39, 0.29) is 11.8 Å². The highest BCUT2D eigenvalue weighted by Crippen LogP contribution is 2.28. The lowest BCUT2D eigenvalue weighted by atomic mass is 10.1. The Morgan fingerprint density at radius 1 is 1.07 bits per heavy atom. The molecule has 0 spiro atoms. The number of carbonyl (C=O) groups is 2. The Balaban J connectivity index is 1.42. The maximum atomic E-state index is 12.5. The first-order chi connectivity index (χ1) is 13.1. The van der Waals surface area contributed by atoms with E-state index in [2.05, 4.69) is 15.8 Å². The van der Waals surface area contributed by atoms with Crippen LogP contribution in [-0.2, 0) is 11.2 Å². The third-order valence-corrected chi connectivity index (χ3v) is 4.20. The Hall–Kier alpha value is -3.61. The highest BCUT2D eigenvalue weighted by atomic mass is 16.5. The fraction of sp³-hybridized carbons (Fsp3) is 0.150. The van der Waals surface area contributed by atoms with E-state index < -0.39 is 6.10 Å². The minimum atomic E-state index is -0.585. The van der Waals surface area contributed by atoms with Crippen LogP contribution in [0.25, 0.3) is 0 Å². The number of aromatic nitrogens is 1. The summed E-state index contributed by atoms with van der Waals surface area (Å²) in [4.78, 5) is 24.8. The van der Waals surface area contributed by atoms with E-state index in [1.54, 1.807) is 37.3 Å². The normalized spacial score (nSPS) is 14.9. The van der Waals surface area contributed by atoms with Crippen LogP contribution in [0.1, 0.15) is 21.7 Å². The highest BCUT2D eigenvalue weighted by Gasteiger charge is 2.28. The lowest BCUT2D eigenvalue weighted by Gasteiger charge is -2.12. The summed E-state index contributed by atoms with van der Waals surface area (Å²) in [5, 5.41) is 9.18. The number of nitrogens with zero attached hydrogens (tertiary/aromatic N) is 1. The molecule has 0 saturated heterocycles. The van der Waals surface area contributed by atoms with Crippen molar-refractivity contribution in [3.05, 3.63) is 71.5 Å². The molecule has 2 N–H and O–H groups in total. The van der Waals surface area contributed by atoms with Crippen molar-refractivity contribution in [2.45, 2.75) is 19.4 Å². The molecule has 136 valence electrons. The van der Waals surface area contributed by atoms with Crippen molar-refractivity contribution in [3.63, 3.8) is 0 Å². The molecule has 0 unspecified atom stereocenters. The molecule has 0 bridgehead atoms. The summed E-state index contributed by atoms with van der Waals surface area (Å²) in [6.07, 6.45) is -0.0637. The maximum absolute atomic E-state index is 12.5. The number of nitrogens with one attached hydrogen (secondary N) is 2. The first-order valence-electron chi connectivity index (χ1n) is 8.48. The predicted octanol–water partition coefficient (Wildman–Crippen LogP) is 3.18. The molecule has 1 aliphatic heterocycles. The van der Waals surface area contributed by atoms with Crippen LogP contribution >= 0.6 is 0 Å². The van der Waals surface area contributed by atoms with Gasteiger partial charge in [0.2, 0.25) is 0 Å². The first-order valence-corrected chi connectivity index (χ1v) is 8.48. The number of hydrogen-bond acceptors (Lipinski definition) is 5. The highest BCUT2D eigenvalue weighted by molar-refractivity contribution is 6.05. The number of amides is 2. The summed E-state index contributed by atoms with van der Waals surface area (Å²) < 4.78 is 10.6. The van der Waals surface area contributed by atoms with E-state index in [9.17, 15) is 9.59 Å². The van der Waals surface area contributed by atoms with Crippen LogP contribution in [0.2, 0.25) is 0 Å². The fourth-order valence-corrected chi connectivity index (χ4v) is 2.90. The Morgan fingerprint density at radius 3 is 2.70 bits per heavy atom. The summed E-state index contributed by atoms with van der Waals surface area (Å²) in [5.41, 5.74) is 1.92. The molecule has 4 rings (SSSR count). The zero-order valence-corrected chi connectivity index (χ0v) is 14.6. The minimum absolute atomic E-state index is 0.254. The predicted molar refractivity (Wildman–Crippen MR) is 98.8 cm³/mol. The van der Waals surface area contributed by atoms with Crippen molar-refractivity contribution in [1.29, 1.82) is 0 Å². The van der Waals surface area contributed by atoms with Gasteiger partial charge < -0.3 is 19.9 Å². The van der Waals surface area contributed by atoms with E-state index in [0.717, 1.165) is 11.3 Å². The largest absolute Gasteiger partial charge is 0.480 e. The number of fused-ring (bicyclic) bond motifs is 1. The molecule has 7 heteroatoms. The van der Waals surface area contributed by atoms with Crippen LogP contribution in [0.3, 0.4) is 0 Å².